The molecule has 3 N–H and O–H groups in total. The zero-order chi connectivity index (χ0) is 12.4. The fraction of sp³-hybridized carbons (Fsp3) is 0.750. The van der Waals surface area contributed by atoms with Crippen molar-refractivity contribution in [3.63, 3.8) is 0 Å². The molecule has 4 nitrogen and oxygen atoms in total. The minimum absolute atomic E-state index is 0.116. The molecular formula is C12H25N3O. The van der Waals surface area contributed by atoms with E-state index in [1.54, 1.807) is 0 Å². The molecule has 0 rings (SSSR count). The summed E-state index contributed by atoms with van der Waals surface area (Å²) in [6, 6.07) is 0. The van der Waals surface area contributed by atoms with Crippen molar-refractivity contribution in [2.75, 3.05) is 33.2 Å². The van der Waals surface area contributed by atoms with Crippen molar-refractivity contribution in [1.29, 1.82) is 0 Å². The summed E-state index contributed by atoms with van der Waals surface area (Å²) in [6.45, 7) is 8.81. The second kappa shape index (κ2) is 9.36. The molecule has 0 radical (unpaired) electrons. The van der Waals surface area contributed by atoms with Gasteiger partial charge in [0, 0.05) is 32.6 Å². The van der Waals surface area contributed by atoms with Gasteiger partial charge >= 0.3 is 0 Å². The van der Waals surface area contributed by atoms with Gasteiger partial charge in [-0.2, -0.15) is 0 Å². The van der Waals surface area contributed by atoms with Crippen molar-refractivity contribution >= 4 is 5.91 Å². The highest BCUT2D eigenvalue weighted by molar-refractivity contribution is 5.75. The summed E-state index contributed by atoms with van der Waals surface area (Å²) < 4.78 is 0. The average Bonchev–Trinajstić information content (AvgIpc) is 2.22. The first kappa shape index (κ1) is 15.1. The maximum atomic E-state index is 11.4. The number of rotatable bonds is 9. The van der Waals surface area contributed by atoms with Crippen LogP contribution in [0.4, 0.5) is 0 Å². The van der Waals surface area contributed by atoms with Gasteiger partial charge in [-0.15, -0.1) is 6.58 Å². The van der Waals surface area contributed by atoms with E-state index in [1.807, 2.05) is 14.0 Å². The molecule has 0 saturated heterocycles. The van der Waals surface area contributed by atoms with E-state index in [1.165, 1.54) is 0 Å². The molecule has 0 aliphatic carbocycles. The van der Waals surface area contributed by atoms with E-state index >= 15 is 0 Å². The molecular weight excluding hydrogens is 202 g/mol. The first-order valence-electron chi connectivity index (χ1n) is 5.86. The average molecular weight is 227 g/mol. The molecule has 0 heterocycles. The zero-order valence-corrected chi connectivity index (χ0v) is 10.6. The van der Waals surface area contributed by atoms with Crippen LogP contribution >= 0.6 is 0 Å². The number of allylic oxidation sites excluding steroid dienone is 1. The summed E-state index contributed by atoms with van der Waals surface area (Å²) in [5.41, 5.74) is 6.58. The summed E-state index contributed by atoms with van der Waals surface area (Å²) in [7, 11) is 1.97. The van der Waals surface area contributed by atoms with Gasteiger partial charge in [0.15, 0.2) is 0 Å². The molecule has 0 aromatic heterocycles. The Labute approximate surface area is 98.9 Å². The van der Waals surface area contributed by atoms with E-state index in [2.05, 4.69) is 16.8 Å². The molecule has 0 atom stereocenters. The molecule has 0 unspecified atom stereocenters. The maximum Gasteiger partial charge on any atom is 0.221 e. The van der Waals surface area contributed by atoms with E-state index in [4.69, 9.17) is 5.73 Å². The number of amides is 1. The molecule has 0 fully saturated rings. The highest BCUT2D eigenvalue weighted by Crippen LogP contribution is 1.98. The Bertz CT molecular complexity index is 216. The van der Waals surface area contributed by atoms with Crippen molar-refractivity contribution in [2.45, 2.75) is 26.2 Å². The molecule has 0 spiro atoms. The lowest BCUT2D eigenvalue weighted by atomic mass is 10.2. The van der Waals surface area contributed by atoms with Gasteiger partial charge in [0.25, 0.3) is 0 Å². The van der Waals surface area contributed by atoms with E-state index < -0.39 is 0 Å². The first-order chi connectivity index (χ1) is 7.56. The van der Waals surface area contributed by atoms with Gasteiger partial charge in [-0.05, 0) is 26.8 Å². The van der Waals surface area contributed by atoms with Crippen molar-refractivity contribution in [2.24, 2.45) is 5.73 Å². The highest BCUT2D eigenvalue weighted by atomic mass is 16.1. The fourth-order valence-corrected chi connectivity index (χ4v) is 1.33. The minimum atomic E-state index is 0.116. The van der Waals surface area contributed by atoms with Gasteiger partial charge in [0.2, 0.25) is 5.91 Å². The molecule has 0 aromatic rings. The van der Waals surface area contributed by atoms with Gasteiger partial charge in [0.1, 0.15) is 0 Å². The van der Waals surface area contributed by atoms with Crippen LogP contribution in [0.1, 0.15) is 26.2 Å². The second-order valence-corrected chi connectivity index (χ2v) is 4.25. The lowest BCUT2D eigenvalue weighted by Gasteiger charge is -2.14. The van der Waals surface area contributed by atoms with E-state index in [0.717, 1.165) is 38.0 Å². The van der Waals surface area contributed by atoms with Crippen molar-refractivity contribution in [3.05, 3.63) is 12.2 Å². The molecule has 94 valence electrons. The number of nitrogens with one attached hydrogen (secondary N) is 1. The smallest absolute Gasteiger partial charge is 0.221 e. The number of carbonyl (C=O) groups is 1. The second-order valence-electron chi connectivity index (χ2n) is 4.25. The maximum absolute atomic E-state index is 11.4. The summed E-state index contributed by atoms with van der Waals surface area (Å²) in [4.78, 5) is 13.5. The fourth-order valence-electron chi connectivity index (χ4n) is 1.33. The molecule has 4 heteroatoms. The normalized spacial score (nSPS) is 10.5. The van der Waals surface area contributed by atoms with Crippen LogP contribution in [0.25, 0.3) is 0 Å². The lowest BCUT2D eigenvalue weighted by molar-refractivity contribution is -0.121. The molecule has 0 bridgehead atoms. The molecule has 1 amide bonds. The molecule has 0 saturated carbocycles. The topological polar surface area (TPSA) is 58.4 Å². The lowest BCUT2D eigenvalue weighted by Crippen LogP contribution is -2.31. The van der Waals surface area contributed by atoms with Gasteiger partial charge in [-0.1, -0.05) is 5.57 Å². The van der Waals surface area contributed by atoms with E-state index in [-0.39, 0.29) is 5.91 Å². The Hall–Kier alpha value is -0.870. The predicted octanol–water partition coefficient (Wildman–Crippen LogP) is 0.740. The quantitative estimate of drug-likeness (QED) is 0.451. The molecule has 0 aliphatic rings. The molecule has 0 aromatic carbocycles. The van der Waals surface area contributed by atoms with Crippen molar-refractivity contribution in [3.8, 4) is 0 Å². The van der Waals surface area contributed by atoms with Crippen LogP contribution in [0.15, 0.2) is 12.2 Å². The largest absolute Gasteiger partial charge is 0.356 e. The van der Waals surface area contributed by atoms with Crippen molar-refractivity contribution in [1.82, 2.24) is 10.2 Å². The van der Waals surface area contributed by atoms with E-state index in [9.17, 15) is 4.79 Å². The number of hydrogen-bond acceptors (Lipinski definition) is 3. The molecule has 0 aliphatic heterocycles. The summed E-state index contributed by atoms with van der Waals surface area (Å²) >= 11 is 0. The third-order valence-electron chi connectivity index (χ3n) is 2.33. The van der Waals surface area contributed by atoms with Crippen LogP contribution in [0.5, 0.6) is 0 Å². The van der Waals surface area contributed by atoms with Crippen LogP contribution in [-0.2, 0) is 4.79 Å². The number of nitrogens with two attached hydrogens (primary N) is 1. The minimum Gasteiger partial charge on any atom is -0.356 e. The predicted molar refractivity (Wildman–Crippen MR) is 68.2 cm³/mol. The summed E-state index contributed by atoms with van der Waals surface area (Å²) in [5, 5.41) is 2.90. The summed E-state index contributed by atoms with van der Waals surface area (Å²) in [6.07, 6.45) is 2.50. The Kier molecular flexibility index (Phi) is 8.85. The SMILES string of the molecule is C=C(C)CCCNC(=O)CCN(C)CCN. The third kappa shape index (κ3) is 9.68. The Balaban J connectivity index is 3.41. The highest BCUT2D eigenvalue weighted by Gasteiger charge is 2.03. The number of hydrogen-bond donors (Lipinski definition) is 2. The zero-order valence-electron chi connectivity index (χ0n) is 10.6. The van der Waals surface area contributed by atoms with Crippen LogP contribution in [-0.4, -0.2) is 44.0 Å². The van der Waals surface area contributed by atoms with Crippen molar-refractivity contribution < 1.29 is 4.79 Å². The van der Waals surface area contributed by atoms with Gasteiger partial charge in [-0.25, -0.2) is 0 Å². The number of likely N-dealkylation sites (N-methyl/N-ethyl adjacent to an activating group) is 1. The van der Waals surface area contributed by atoms with Gasteiger partial charge < -0.3 is 16.0 Å². The standard InChI is InChI=1S/C12H25N3O/c1-11(2)5-4-8-14-12(16)6-9-15(3)10-7-13/h1,4-10,13H2,2-3H3,(H,14,16). The van der Waals surface area contributed by atoms with Crippen LogP contribution in [0.3, 0.4) is 0 Å². The number of carbonyl (C=O) groups excluding carboxylic acids is 1. The summed E-state index contributed by atoms with van der Waals surface area (Å²) in [5.74, 6) is 0.116. The van der Waals surface area contributed by atoms with Crippen LogP contribution in [0.2, 0.25) is 0 Å². The van der Waals surface area contributed by atoms with Crippen LogP contribution < -0.4 is 11.1 Å². The Morgan fingerprint density at radius 1 is 1.38 bits per heavy atom. The van der Waals surface area contributed by atoms with Crippen LogP contribution in [0, 0.1) is 0 Å². The Morgan fingerprint density at radius 3 is 2.62 bits per heavy atom. The Morgan fingerprint density at radius 2 is 2.06 bits per heavy atom. The first-order valence-corrected chi connectivity index (χ1v) is 5.86. The van der Waals surface area contributed by atoms with E-state index in [0.29, 0.717) is 13.0 Å². The van der Waals surface area contributed by atoms with Gasteiger partial charge in [-0.3, -0.25) is 4.79 Å². The third-order valence-corrected chi connectivity index (χ3v) is 2.33. The monoisotopic (exact) mass is 227 g/mol. The number of nitrogens with zero attached hydrogens (tertiary/aromatic N) is 1. The van der Waals surface area contributed by atoms with Gasteiger partial charge in [0.05, 0.1) is 0 Å². The molecule has 16 heavy (non-hydrogen) atoms.